The van der Waals surface area contributed by atoms with Gasteiger partial charge in [-0.25, -0.2) is 4.79 Å². The molecule has 2 N–H and O–H groups in total. The van der Waals surface area contributed by atoms with E-state index in [9.17, 15) is 9.90 Å². The summed E-state index contributed by atoms with van der Waals surface area (Å²) in [5, 5.41) is 13.2. The number of amides is 1. The van der Waals surface area contributed by atoms with Gasteiger partial charge in [-0.1, -0.05) is 6.42 Å². The van der Waals surface area contributed by atoms with Gasteiger partial charge in [-0.15, -0.1) is 0 Å². The molecule has 118 valence electrons. The summed E-state index contributed by atoms with van der Waals surface area (Å²) in [6.07, 6.45) is 10.1. The van der Waals surface area contributed by atoms with E-state index in [1.807, 2.05) is 0 Å². The molecule has 0 unspecified atom stereocenters. The van der Waals surface area contributed by atoms with Gasteiger partial charge in [0, 0.05) is 5.54 Å². The van der Waals surface area contributed by atoms with E-state index in [1.165, 1.54) is 19.3 Å². The molecule has 0 aliphatic heterocycles. The van der Waals surface area contributed by atoms with Crippen LogP contribution in [0.4, 0.5) is 4.79 Å². The van der Waals surface area contributed by atoms with Crippen molar-refractivity contribution in [3.05, 3.63) is 0 Å². The quantitative estimate of drug-likeness (QED) is 0.823. The van der Waals surface area contributed by atoms with E-state index in [0.717, 1.165) is 62.7 Å². The maximum absolute atomic E-state index is 12.3. The molecule has 5 fully saturated rings. The summed E-state index contributed by atoms with van der Waals surface area (Å²) in [6.45, 7) is 0. The largest absolute Gasteiger partial charge is 0.443 e. The second kappa shape index (κ2) is 5.15. The first-order chi connectivity index (χ1) is 10.1. The zero-order chi connectivity index (χ0) is 14.4. The lowest BCUT2D eigenvalue weighted by Crippen LogP contribution is -2.60. The summed E-state index contributed by atoms with van der Waals surface area (Å²) in [7, 11) is 0. The summed E-state index contributed by atoms with van der Waals surface area (Å²) in [5.74, 6) is 2.45. The maximum Gasteiger partial charge on any atom is 0.407 e. The molecule has 5 aliphatic carbocycles. The van der Waals surface area contributed by atoms with E-state index < -0.39 is 6.10 Å². The molecule has 0 aromatic rings. The fraction of sp³-hybridized carbons (Fsp3) is 0.941. The molecule has 2 atom stereocenters. The molecule has 5 aliphatic rings. The Labute approximate surface area is 126 Å². The van der Waals surface area contributed by atoms with Crippen LogP contribution in [0.25, 0.3) is 0 Å². The number of ether oxygens (including phenoxy) is 1. The van der Waals surface area contributed by atoms with Crippen LogP contribution in [-0.4, -0.2) is 28.9 Å². The van der Waals surface area contributed by atoms with Crippen molar-refractivity contribution in [3.63, 3.8) is 0 Å². The summed E-state index contributed by atoms with van der Waals surface area (Å²) in [4.78, 5) is 12.3. The van der Waals surface area contributed by atoms with Gasteiger partial charge in [0.25, 0.3) is 0 Å². The highest BCUT2D eigenvalue weighted by Gasteiger charge is 2.51. The van der Waals surface area contributed by atoms with Crippen LogP contribution in [0.15, 0.2) is 0 Å². The first-order valence-corrected chi connectivity index (χ1v) is 8.79. The number of carbonyl (C=O) groups is 1. The zero-order valence-corrected chi connectivity index (χ0v) is 12.7. The van der Waals surface area contributed by atoms with Crippen LogP contribution in [0.3, 0.4) is 0 Å². The monoisotopic (exact) mass is 293 g/mol. The van der Waals surface area contributed by atoms with E-state index in [2.05, 4.69) is 5.32 Å². The Hall–Kier alpha value is -0.770. The van der Waals surface area contributed by atoms with Gasteiger partial charge in [0.05, 0.1) is 6.10 Å². The van der Waals surface area contributed by atoms with E-state index in [1.54, 1.807) is 0 Å². The molecular formula is C17H27NO3. The number of hydrogen-bond donors (Lipinski definition) is 2. The molecule has 1 amide bonds. The number of alkyl carbamates (subject to hydrolysis) is 1. The van der Waals surface area contributed by atoms with Gasteiger partial charge in [0.2, 0.25) is 0 Å². The minimum absolute atomic E-state index is 0.00541. The Kier molecular flexibility index (Phi) is 3.40. The average molecular weight is 293 g/mol. The molecule has 0 aromatic heterocycles. The van der Waals surface area contributed by atoms with Crippen molar-refractivity contribution in [2.45, 2.75) is 82.0 Å². The van der Waals surface area contributed by atoms with Crippen LogP contribution in [-0.2, 0) is 4.74 Å². The maximum atomic E-state index is 12.3. The van der Waals surface area contributed by atoms with Gasteiger partial charge in [-0.3, -0.25) is 0 Å². The van der Waals surface area contributed by atoms with Crippen molar-refractivity contribution < 1.29 is 14.6 Å². The van der Waals surface area contributed by atoms with Crippen molar-refractivity contribution >= 4 is 6.09 Å². The van der Waals surface area contributed by atoms with Crippen LogP contribution >= 0.6 is 0 Å². The van der Waals surface area contributed by atoms with Gasteiger partial charge in [-0.2, -0.15) is 0 Å². The minimum Gasteiger partial charge on any atom is -0.443 e. The highest BCUT2D eigenvalue weighted by Crippen LogP contribution is 2.55. The van der Waals surface area contributed by atoms with E-state index in [-0.39, 0.29) is 17.7 Å². The van der Waals surface area contributed by atoms with Crippen LogP contribution in [0.2, 0.25) is 0 Å². The lowest BCUT2D eigenvalue weighted by molar-refractivity contribution is -0.0427. The normalized spacial score (nSPS) is 48.1. The van der Waals surface area contributed by atoms with Crippen molar-refractivity contribution in [3.8, 4) is 0 Å². The van der Waals surface area contributed by atoms with Gasteiger partial charge < -0.3 is 15.2 Å². The van der Waals surface area contributed by atoms with Crippen LogP contribution in [0, 0.1) is 17.8 Å². The van der Waals surface area contributed by atoms with Gasteiger partial charge in [-0.05, 0) is 75.5 Å². The lowest BCUT2D eigenvalue weighted by Gasteiger charge is -2.56. The number of rotatable bonds is 2. The first-order valence-electron chi connectivity index (χ1n) is 8.79. The van der Waals surface area contributed by atoms with Crippen LogP contribution in [0.1, 0.15) is 64.2 Å². The lowest BCUT2D eigenvalue weighted by atomic mass is 9.53. The standard InChI is InChI=1S/C17H27NO3/c19-14-3-1-2-4-15(14)21-16(20)18-17-8-11-5-12(9-17)7-13(6-11)10-17/h11-15,19H,1-10H2,(H,18,20)/t11?,12?,13?,14-,15+,17?/m0/s1. The third-order valence-corrected chi connectivity index (χ3v) is 6.33. The van der Waals surface area contributed by atoms with Gasteiger partial charge in [0.1, 0.15) is 6.10 Å². The number of aliphatic hydroxyl groups excluding tert-OH is 1. The number of aliphatic hydroxyl groups is 1. The van der Waals surface area contributed by atoms with Crippen molar-refractivity contribution in [1.29, 1.82) is 0 Å². The summed E-state index contributed by atoms with van der Waals surface area (Å²) >= 11 is 0. The molecule has 5 saturated carbocycles. The third kappa shape index (κ3) is 2.67. The second-order valence-corrected chi connectivity index (χ2v) is 8.12. The fourth-order valence-electron chi connectivity index (χ4n) is 5.86. The van der Waals surface area contributed by atoms with Crippen molar-refractivity contribution in [2.75, 3.05) is 0 Å². The Balaban J connectivity index is 1.38. The minimum atomic E-state index is -0.471. The molecule has 4 nitrogen and oxygen atoms in total. The molecule has 5 rings (SSSR count). The molecule has 4 heteroatoms. The zero-order valence-electron chi connectivity index (χ0n) is 12.7. The molecule has 0 aromatic carbocycles. The Bertz CT molecular complexity index is 387. The van der Waals surface area contributed by atoms with Crippen LogP contribution in [0.5, 0.6) is 0 Å². The molecular weight excluding hydrogens is 266 g/mol. The summed E-state index contributed by atoms with van der Waals surface area (Å²) in [6, 6.07) is 0. The molecule has 4 bridgehead atoms. The predicted molar refractivity (Wildman–Crippen MR) is 78.8 cm³/mol. The van der Waals surface area contributed by atoms with Gasteiger partial charge >= 0.3 is 6.09 Å². The molecule has 0 saturated heterocycles. The van der Waals surface area contributed by atoms with E-state index >= 15 is 0 Å². The van der Waals surface area contributed by atoms with E-state index in [0.29, 0.717) is 0 Å². The SMILES string of the molecule is O=C(NC12CC3CC(CC(C3)C1)C2)O[C@@H]1CCCC[C@@H]1O. The number of nitrogens with one attached hydrogen (secondary N) is 1. The number of hydrogen-bond acceptors (Lipinski definition) is 3. The molecule has 0 heterocycles. The molecule has 21 heavy (non-hydrogen) atoms. The smallest absolute Gasteiger partial charge is 0.407 e. The summed E-state index contributed by atoms with van der Waals surface area (Å²) in [5.41, 5.74) is 0.00541. The fourth-order valence-corrected chi connectivity index (χ4v) is 5.86. The van der Waals surface area contributed by atoms with Crippen molar-refractivity contribution in [1.82, 2.24) is 5.32 Å². The summed E-state index contributed by atoms with van der Waals surface area (Å²) < 4.78 is 5.54. The average Bonchev–Trinajstić information content (AvgIpc) is 2.39. The van der Waals surface area contributed by atoms with Crippen molar-refractivity contribution in [2.24, 2.45) is 17.8 Å². The first kappa shape index (κ1) is 13.9. The molecule has 0 radical (unpaired) electrons. The van der Waals surface area contributed by atoms with E-state index in [4.69, 9.17) is 4.74 Å². The highest BCUT2D eigenvalue weighted by atomic mass is 16.6. The second-order valence-electron chi connectivity index (χ2n) is 8.12. The Morgan fingerprint density at radius 1 is 1.00 bits per heavy atom. The highest BCUT2D eigenvalue weighted by molar-refractivity contribution is 5.68. The Morgan fingerprint density at radius 2 is 1.57 bits per heavy atom. The topological polar surface area (TPSA) is 58.6 Å². The predicted octanol–water partition coefficient (Wildman–Crippen LogP) is 2.98. The number of carbonyl (C=O) groups excluding carboxylic acids is 1. The molecule has 0 spiro atoms. The third-order valence-electron chi connectivity index (χ3n) is 6.33. The Morgan fingerprint density at radius 3 is 2.14 bits per heavy atom. The van der Waals surface area contributed by atoms with Crippen LogP contribution < -0.4 is 5.32 Å². The van der Waals surface area contributed by atoms with Gasteiger partial charge in [0.15, 0.2) is 0 Å².